The molecule has 3 nitrogen and oxygen atoms in total. The Morgan fingerprint density at radius 1 is 1.29 bits per heavy atom. The Morgan fingerprint density at radius 2 is 2.00 bits per heavy atom. The highest BCUT2D eigenvalue weighted by Crippen LogP contribution is 2.01. The topological polar surface area (TPSA) is 52.9 Å². The Hall–Kier alpha value is -1.56. The van der Waals surface area contributed by atoms with Crippen molar-refractivity contribution in [1.82, 2.24) is 5.32 Å². The second-order valence-corrected chi connectivity index (χ2v) is 4.65. The minimum absolute atomic E-state index is 0.0400. The van der Waals surface area contributed by atoms with Crippen molar-refractivity contribution < 1.29 is 4.79 Å². The van der Waals surface area contributed by atoms with Crippen LogP contribution >= 0.6 is 0 Å². The molecule has 0 aliphatic heterocycles. The van der Waals surface area contributed by atoms with Gasteiger partial charge in [0.25, 0.3) is 0 Å². The first-order chi connectivity index (χ1) is 8.06. The van der Waals surface area contributed by atoms with Crippen molar-refractivity contribution in [3.8, 4) is 6.07 Å². The van der Waals surface area contributed by atoms with Crippen LogP contribution in [0, 0.1) is 23.2 Å². The number of carbonyl (C=O) groups excluding carboxylic acids is 1. The van der Waals surface area contributed by atoms with Crippen LogP contribution in [0.5, 0.6) is 0 Å². The van der Waals surface area contributed by atoms with E-state index >= 15 is 0 Å². The molecule has 94 valence electrons. The molecule has 1 amide bonds. The summed E-state index contributed by atoms with van der Waals surface area (Å²) in [6.07, 6.45) is 8.53. The van der Waals surface area contributed by atoms with E-state index < -0.39 is 0 Å². The lowest BCUT2D eigenvalue weighted by Gasteiger charge is -2.08. The van der Waals surface area contributed by atoms with Crippen LogP contribution in [0.15, 0.2) is 24.3 Å². The van der Waals surface area contributed by atoms with Crippen LogP contribution in [-0.2, 0) is 4.79 Å². The van der Waals surface area contributed by atoms with E-state index in [0.29, 0.717) is 18.4 Å². The lowest BCUT2D eigenvalue weighted by atomic mass is 10.1. The first kappa shape index (κ1) is 15.4. The molecule has 0 fully saturated rings. The highest BCUT2D eigenvalue weighted by molar-refractivity contribution is 5.87. The SMILES string of the molecule is CC(C)C/C=C\C(=O)NCC(C)C/C=C\C#N. The van der Waals surface area contributed by atoms with Gasteiger partial charge >= 0.3 is 0 Å². The quantitative estimate of drug-likeness (QED) is 0.544. The second-order valence-electron chi connectivity index (χ2n) is 4.65. The van der Waals surface area contributed by atoms with Crippen LogP contribution in [0.2, 0.25) is 0 Å². The molecule has 0 radical (unpaired) electrons. The van der Waals surface area contributed by atoms with Crippen LogP contribution < -0.4 is 5.32 Å². The molecule has 0 saturated carbocycles. The third kappa shape index (κ3) is 10.7. The number of nitrogens with zero attached hydrogens (tertiary/aromatic N) is 1. The van der Waals surface area contributed by atoms with Crippen molar-refractivity contribution in [3.63, 3.8) is 0 Å². The van der Waals surface area contributed by atoms with Gasteiger partial charge in [0.05, 0.1) is 6.07 Å². The molecular weight excluding hydrogens is 212 g/mol. The van der Waals surface area contributed by atoms with E-state index in [0.717, 1.165) is 12.8 Å². The van der Waals surface area contributed by atoms with Crippen molar-refractivity contribution in [1.29, 1.82) is 5.26 Å². The standard InChI is InChI=1S/C14H22N2O/c1-12(2)7-6-9-14(17)16-11-13(3)8-4-5-10-15/h4-6,9,12-13H,7-8,11H2,1-3H3,(H,16,17)/b5-4-,9-6-. The number of hydrogen-bond acceptors (Lipinski definition) is 2. The lowest BCUT2D eigenvalue weighted by Crippen LogP contribution is -2.26. The fourth-order valence-electron chi connectivity index (χ4n) is 1.22. The van der Waals surface area contributed by atoms with E-state index in [2.05, 4.69) is 19.2 Å². The Bertz CT molecular complexity index is 311. The van der Waals surface area contributed by atoms with E-state index in [4.69, 9.17) is 5.26 Å². The van der Waals surface area contributed by atoms with Crippen molar-refractivity contribution in [2.45, 2.75) is 33.6 Å². The van der Waals surface area contributed by atoms with Gasteiger partial charge in [-0.1, -0.05) is 32.9 Å². The Morgan fingerprint density at radius 3 is 2.59 bits per heavy atom. The summed E-state index contributed by atoms with van der Waals surface area (Å²) in [6, 6.07) is 1.95. The number of amides is 1. The zero-order valence-electron chi connectivity index (χ0n) is 10.9. The number of nitriles is 1. The predicted octanol–water partition coefficient (Wildman–Crippen LogP) is 2.81. The van der Waals surface area contributed by atoms with Crippen molar-refractivity contribution in [3.05, 3.63) is 24.3 Å². The summed E-state index contributed by atoms with van der Waals surface area (Å²) < 4.78 is 0. The fourth-order valence-corrected chi connectivity index (χ4v) is 1.22. The average Bonchev–Trinajstić information content (AvgIpc) is 2.26. The summed E-state index contributed by atoms with van der Waals surface area (Å²) in [5, 5.41) is 11.2. The minimum Gasteiger partial charge on any atom is -0.352 e. The van der Waals surface area contributed by atoms with Gasteiger partial charge in [-0.3, -0.25) is 4.79 Å². The van der Waals surface area contributed by atoms with Crippen molar-refractivity contribution >= 4 is 5.91 Å². The third-order valence-electron chi connectivity index (χ3n) is 2.23. The lowest BCUT2D eigenvalue weighted by molar-refractivity contribution is -0.116. The summed E-state index contributed by atoms with van der Waals surface area (Å²) in [5.74, 6) is 0.887. The molecule has 0 spiro atoms. The monoisotopic (exact) mass is 234 g/mol. The van der Waals surface area contributed by atoms with E-state index in [-0.39, 0.29) is 5.91 Å². The van der Waals surface area contributed by atoms with Gasteiger partial charge < -0.3 is 5.32 Å². The molecule has 3 heteroatoms. The van der Waals surface area contributed by atoms with Crippen LogP contribution in [0.4, 0.5) is 0 Å². The minimum atomic E-state index is -0.0400. The largest absolute Gasteiger partial charge is 0.352 e. The zero-order chi connectivity index (χ0) is 13.1. The summed E-state index contributed by atoms with van der Waals surface area (Å²) in [5.41, 5.74) is 0. The van der Waals surface area contributed by atoms with Gasteiger partial charge in [-0.2, -0.15) is 5.26 Å². The van der Waals surface area contributed by atoms with Crippen LogP contribution in [0.1, 0.15) is 33.6 Å². The Kier molecular flexibility index (Phi) is 8.77. The summed E-state index contributed by atoms with van der Waals surface area (Å²) in [4.78, 5) is 11.4. The average molecular weight is 234 g/mol. The van der Waals surface area contributed by atoms with Gasteiger partial charge in [0.1, 0.15) is 0 Å². The summed E-state index contributed by atoms with van der Waals surface area (Å²) >= 11 is 0. The highest BCUT2D eigenvalue weighted by atomic mass is 16.1. The van der Waals surface area contributed by atoms with Crippen molar-refractivity contribution in [2.75, 3.05) is 6.54 Å². The summed E-state index contributed by atoms with van der Waals surface area (Å²) in [7, 11) is 0. The molecule has 0 aliphatic rings. The van der Waals surface area contributed by atoms with Crippen LogP contribution in [0.25, 0.3) is 0 Å². The Labute approximate surface area is 104 Å². The van der Waals surface area contributed by atoms with Gasteiger partial charge in [0, 0.05) is 12.6 Å². The molecule has 0 rings (SSSR count). The molecule has 17 heavy (non-hydrogen) atoms. The van der Waals surface area contributed by atoms with Crippen molar-refractivity contribution in [2.24, 2.45) is 11.8 Å². The molecule has 0 heterocycles. The predicted molar refractivity (Wildman–Crippen MR) is 70.1 cm³/mol. The molecule has 0 aromatic carbocycles. The first-order valence-corrected chi connectivity index (χ1v) is 6.05. The number of hydrogen-bond donors (Lipinski definition) is 1. The first-order valence-electron chi connectivity index (χ1n) is 6.05. The molecule has 0 aromatic rings. The summed E-state index contributed by atoms with van der Waals surface area (Å²) in [6.45, 7) is 6.91. The smallest absolute Gasteiger partial charge is 0.243 e. The molecule has 0 bridgehead atoms. The van der Waals surface area contributed by atoms with Crippen LogP contribution in [-0.4, -0.2) is 12.5 Å². The maximum absolute atomic E-state index is 11.4. The van der Waals surface area contributed by atoms with E-state index in [1.54, 1.807) is 6.08 Å². The Balaban J connectivity index is 3.73. The molecule has 1 N–H and O–H groups in total. The molecule has 0 saturated heterocycles. The van der Waals surface area contributed by atoms with E-state index in [9.17, 15) is 4.79 Å². The molecular formula is C14H22N2O. The van der Waals surface area contributed by atoms with E-state index in [1.165, 1.54) is 6.08 Å². The van der Waals surface area contributed by atoms with Gasteiger partial charge in [-0.25, -0.2) is 0 Å². The van der Waals surface area contributed by atoms with Crippen LogP contribution in [0.3, 0.4) is 0 Å². The number of nitrogens with one attached hydrogen (secondary N) is 1. The zero-order valence-corrected chi connectivity index (χ0v) is 10.9. The number of carbonyl (C=O) groups is 1. The van der Waals surface area contributed by atoms with Gasteiger partial charge in [0.2, 0.25) is 5.91 Å². The van der Waals surface area contributed by atoms with Gasteiger partial charge in [-0.05, 0) is 30.8 Å². The molecule has 1 atom stereocenters. The fraction of sp³-hybridized carbons (Fsp3) is 0.571. The number of allylic oxidation sites excluding steroid dienone is 3. The van der Waals surface area contributed by atoms with Gasteiger partial charge in [-0.15, -0.1) is 0 Å². The second kappa shape index (κ2) is 9.65. The van der Waals surface area contributed by atoms with E-state index in [1.807, 2.05) is 25.1 Å². The molecule has 1 unspecified atom stereocenters. The van der Waals surface area contributed by atoms with Gasteiger partial charge in [0.15, 0.2) is 0 Å². The molecule has 0 aromatic heterocycles. The maximum Gasteiger partial charge on any atom is 0.243 e. The molecule has 0 aliphatic carbocycles. The normalized spacial score (nSPS) is 13.1. The third-order valence-corrected chi connectivity index (χ3v) is 2.23. The number of rotatable bonds is 7. The highest BCUT2D eigenvalue weighted by Gasteiger charge is 2.01. The maximum atomic E-state index is 11.4.